The molecular weight excluding hydrogens is 409 g/mol. The Morgan fingerprint density at radius 2 is 1.63 bits per heavy atom. The van der Waals surface area contributed by atoms with Crippen LogP contribution in [0.15, 0.2) is 52.9 Å². The maximum atomic E-state index is 13.7. The predicted octanol–water partition coefficient (Wildman–Crippen LogP) is 3.48. The summed E-state index contributed by atoms with van der Waals surface area (Å²) in [6.45, 7) is 6.37. The van der Waals surface area contributed by atoms with Crippen LogP contribution < -0.4 is 4.72 Å². The van der Waals surface area contributed by atoms with Crippen LogP contribution in [0.25, 0.3) is 5.57 Å². The second-order valence-electron chi connectivity index (χ2n) is 7.98. The standard InChI is InChI=1S/C22H26FNO5S/c1-14-13-16(7-10-19(14)23)20(18(11-12-25)21(26)27)15-5-8-17(9-6-15)30(28,29)24-22(2,3)4/h5-10,13,24-25H,11-12H2,1-4H3,(H,26,27)/b20-18-. The number of aryl methyl sites for hydroxylation is 1. The zero-order valence-electron chi connectivity index (χ0n) is 17.4. The van der Waals surface area contributed by atoms with E-state index >= 15 is 0 Å². The Bertz CT molecular complexity index is 1070. The van der Waals surface area contributed by atoms with Crippen molar-refractivity contribution >= 4 is 21.6 Å². The van der Waals surface area contributed by atoms with E-state index in [1.165, 1.54) is 42.5 Å². The van der Waals surface area contributed by atoms with Crippen molar-refractivity contribution in [1.29, 1.82) is 0 Å². The van der Waals surface area contributed by atoms with Crippen LogP contribution in [0.5, 0.6) is 0 Å². The summed E-state index contributed by atoms with van der Waals surface area (Å²) in [7, 11) is -3.76. The number of rotatable bonds is 7. The van der Waals surface area contributed by atoms with Crippen molar-refractivity contribution in [3.63, 3.8) is 0 Å². The highest BCUT2D eigenvalue weighted by molar-refractivity contribution is 7.89. The SMILES string of the molecule is Cc1cc(/C(=C(/CCO)C(=O)O)c2ccc(S(=O)(=O)NC(C)(C)C)cc2)ccc1F. The van der Waals surface area contributed by atoms with Gasteiger partial charge in [-0.2, -0.15) is 0 Å². The topological polar surface area (TPSA) is 104 Å². The Hall–Kier alpha value is -2.55. The molecule has 0 unspecified atom stereocenters. The molecule has 6 nitrogen and oxygen atoms in total. The van der Waals surface area contributed by atoms with Gasteiger partial charge in [0.1, 0.15) is 5.82 Å². The number of sulfonamides is 1. The van der Waals surface area contributed by atoms with Crippen LogP contribution in [0, 0.1) is 12.7 Å². The molecule has 2 aromatic rings. The van der Waals surface area contributed by atoms with Crippen LogP contribution in [-0.4, -0.2) is 36.7 Å². The molecular formula is C22H26FNO5S. The van der Waals surface area contributed by atoms with E-state index in [-0.39, 0.29) is 23.5 Å². The minimum atomic E-state index is -3.76. The third-order valence-electron chi connectivity index (χ3n) is 4.26. The number of aliphatic hydroxyl groups excluding tert-OH is 1. The summed E-state index contributed by atoms with van der Waals surface area (Å²) in [6.07, 6.45) is -0.118. The van der Waals surface area contributed by atoms with Gasteiger partial charge in [0, 0.05) is 24.1 Å². The first kappa shape index (κ1) is 23.7. The van der Waals surface area contributed by atoms with Gasteiger partial charge in [-0.1, -0.05) is 18.2 Å². The number of benzene rings is 2. The average Bonchev–Trinajstić information content (AvgIpc) is 2.62. The number of hydrogen-bond acceptors (Lipinski definition) is 4. The van der Waals surface area contributed by atoms with Gasteiger partial charge in [0.25, 0.3) is 0 Å². The van der Waals surface area contributed by atoms with Gasteiger partial charge < -0.3 is 10.2 Å². The summed E-state index contributed by atoms with van der Waals surface area (Å²) in [6, 6.07) is 10.0. The Balaban J connectivity index is 2.64. The van der Waals surface area contributed by atoms with E-state index in [9.17, 15) is 27.8 Å². The Labute approximate surface area is 176 Å². The third-order valence-corrected chi connectivity index (χ3v) is 6.04. The molecule has 0 spiro atoms. The largest absolute Gasteiger partial charge is 0.478 e. The number of aliphatic carboxylic acids is 1. The number of halogens is 1. The number of carboxylic acids is 1. The predicted molar refractivity (Wildman–Crippen MR) is 113 cm³/mol. The highest BCUT2D eigenvalue weighted by atomic mass is 32.2. The van der Waals surface area contributed by atoms with E-state index in [1.54, 1.807) is 27.7 Å². The molecule has 30 heavy (non-hydrogen) atoms. The first-order chi connectivity index (χ1) is 13.9. The summed E-state index contributed by atoms with van der Waals surface area (Å²) >= 11 is 0. The van der Waals surface area contributed by atoms with Crippen LogP contribution in [0.3, 0.4) is 0 Å². The maximum Gasteiger partial charge on any atom is 0.332 e. The van der Waals surface area contributed by atoms with Crippen LogP contribution in [0.2, 0.25) is 0 Å². The Kier molecular flexibility index (Phi) is 7.18. The number of carboxylic acid groups (broad SMARTS) is 1. The summed E-state index contributed by atoms with van der Waals surface area (Å²) in [5.41, 5.74) is 0.836. The number of nitrogens with one attached hydrogen (secondary N) is 1. The van der Waals surface area contributed by atoms with Gasteiger partial charge >= 0.3 is 5.97 Å². The van der Waals surface area contributed by atoms with E-state index in [1.807, 2.05) is 0 Å². The van der Waals surface area contributed by atoms with Crippen molar-refractivity contribution in [3.8, 4) is 0 Å². The molecule has 0 aliphatic rings. The molecule has 2 aromatic carbocycles. The lowest BCUT2D eigenvalue weighted by atomic mass is 9.91. The average molecular weight is 436 g/mol. The molecule has 0 fully saturated rings. The fraction of sp³-hybridized carbons (Fsp3) is 0.318. The van der Waals surface area contributed by atoms with Crippen LogP contribution in [0.1, 0.15) is 43.9 Å². The van der Waals surface area contributed by atoms with Gasteiger partial charge in [-0.25, -0.2) is 22.3 Å². The molecule has 0 aliphatic heterocycles. The highest BCUT2D eigenvalue weighted by Gasteiger charge is 2.23. The first-order valence-corrected chi connectivity index (χ1v) is 10.8. The second-order valence-corrected chi connectivity index (χ2v) is 9.66. The molecule has 162 valence electrons. The summed E-state index contributed by atoms with van der Waals surface area (Å²) in [5, 5.41) is 19.0. The molecule has 8 heteroatoms. The normalized spacial score (nSPS) is 13.1. The number of hydrogen-bond donors (Lipinski definition) is 3. The van der Waals surface area contributed by atoms with Gasteiger partial charge in [-0.3, -0.25) is 0 Å². The second kappa shape index (κ2) is 9.07. The number of carbonyl (C=O) groups is 1. The lowest BCUT2D eigenvalue weighted by Gasteiger charge is -2.20. The third kappa shape index (κ3) is 5.75. The molecule has 0 aromatic heterocycles. The smallest absolute Gasteiger partial charge is 0.332 e. The minimum absolute atomic E-state index is 0.0369. The van der Waals surface area contributed by atoms with E-state index < -0.39 is 27.3 Å². The fourth-order valence-corrected chi connectivity index (χ4v) is 4.45. The molecule has 0 saturated carbocycles. The minimum Gasteiger partial charge on any atom is -0.478 e. The molecule has 2 rings (SSSR count). The van der Waals surface area contributed by atoms with E-state index in [4.69, 9.17) is 0 Å². The monoisotopic (exact) mass is 435 g/mol. The summed E-state index contributed by atoms with van der Waals surface area (Å²) in [4.78, 5) is 11.9. The van der Waals surface area contributed by atoms with Gasteiger partial charge in [0.2, 0.25) is 10.0 Å². The first-order valence-electron chi connectivity index (χ1n) is 9.34. The summed E-state index contributed by atoms with van der Waals surface area (Å²) in [5.74, 6) is -1.64. The van der Waals surface area contributed by atoms with E-state index in [2.05, 4.69) is 4.72 Å². The van der Waals surface area contributed by atoms with E-state index in [0.717, 1.165) is 0 Å². The van der Waals surface area contributed by atoms with Gasteiger partial charge in [-0.05, 0) is 74.2 Å². The molecule has 0 radical (unpaired) electrons. The van der Waals surface area contributed by atoms with Crippen molar-refractivity contribution in [2.45, 2.75) is 44.6 Å². The van der Waals surface area contributed by atoms with E-state index in [0.29, 0.717) is 22.3 Å². The van der Waals surface area contributed by atoms with Crippen LogP contribution in [0.4, 0.5) is 4.39 Å². The zero-order valence-corrected chi connectivity index (χ0v) is 18.2. The van der Waals surface area contributed by atoms with Crippen molar-refractivity contribution in [3.05, 3.63) is 70.5 Å². The Morgan fingerprint density at radius 1 is 1.07 bits per heavy atom. The van der Waals surface area contributed by atoms with Gasteiger partial charge in [-0.15, -0.1) is 0 Å². The van der Waals surface area contributed by atoms with Gasteiger partial charge in [0.15, 0.2) is 0 Å². The molecule has 0 saturated heterocycles. The Morgan fingerprint density at radius 3 is 2.10 bits per heavy atom. The molecule has 0 heterocycles. The molecule has 0 bridgehead atoms. The summed E-state index contributed by atoms with van der Waals surface area (Å²) < 4.78 is 41.4. The van der Waals surface area contributed by atoms with Crippen LogP contribution in [-0.2, 0) is 14.8 Å². The van der Waals surface area contributed by atoms with Crippen molar-refractivity contribution in [2.24, 2.45) is 0 Å². The molecule has 0 atom stereocenters. The fourth-order valence-electron chi connectivity index (χ4n) is 3.03. The van der Waals surface area contributed by atoms with Crippen molar-refractivity contribution in [1.82, 2.24) is 4.72 Å². The maximum absolute atomic E-state index is 13.7. The van der Waals surface area contributed by atoms with Crippen molar-refractivity contribution in [2.75, 3.05) is 6.61 Å². The molecule has 3 N–H and O–H groups in total. The van der Waals surface area contributed by atoms with Crippen LogP contribution >= 0.6 is 0 Å². The van der Waals surface area contributed by atoms with Crippen molar-refractivity contribution < 1.29 is 27.8 Å². The van der Waals surface area contributed by atoms with Gasteiger partial charge in [0.05, 0.1) is 4.90 Å². The molecule has 0 aliphatic carbocycles. The molecule has 0 amide bonds. The lowest BCUT2D eigenvalue weighted by molar-refractivity contribution is -0.132. The quantitative estimate of drug-likeness (QED) is 0.578. The number of aliphatic hydroxyl groups is 1. The highest BCUT2D eigenvalue weighted by Crippen LogP contribution is 2.31. The lowest BCUT2D eigenvalue weighted by Crippen LogP contribution is -2.40. The zero-order chi connectivity index (χ0) is 22.7.